The maximum atomic E-state index is 11.5. The minimum atomic E-state index is -3.44. The second kappa shape index (κ2) is 7.60. The van der Waals surface area contributed by atoms with Gasteiger partial charge in [0.15, 0.2) is 0 Å². The van der Waals surface area contributed by atoms with Crippen molar-refractivity contribution in [3.8, 4) is 0 Å². The second-order valence-corrected chi connectivity index (χ2v) is 7.75. The zero-order valence-electron chi connectivity index (χ0n) is 12.4. The molecule has 1 aliphatic rings. The SMILES string of the molecule is CCCC(C)OCC1(CS(N)(=O)=O)CCCCCC1. The van der Waals surface area contributed by atoms with Crippen molar-refractivity contribution in [2.24, 2.45) is 10.6 Å². The Hall–Kier alpha value is -0.130. The molecular formula is C14H29NO3S. The van der Waals surface area contributed by atoms with Crippen molar-refractivity contribution in [2.45, 2.75) is 71.3 Å². The smallest absolute Gasteiger partial charge is 0.209 e. The Morgan fingerprint density at radius 1 is 1.21 bits per heavy atom. The standard InChI is InChI=1S/C14H29NO3S/c1-3-8-13(2)18-11-14(12-19(15,16)17)9-6-4-5-7-10-14/h13H,3-12H2,1-2H3,(H2,15,16,17). The average Bonchev–Trinajstić information content (AvgIpc) is 2.51. The summed E-state index contributed by atoms with van der Waals surface area (Å²) in [5.41, 5.74) is -0.258. The third-order valence-corrected chi connectivity index (χ3v) is 5.06. The highest BCUT2D eigenvalue weighted by molar-refractivity contribution is 7.89. The van der Waals surface area contributed by atoms with E-state index in [0.717, 1.165) is 38.5 Å². The lowest BCUT2D eigenvalue weighted by molar-refractivity contribution is -0.00312. The summed E-state index contributed by atoms with van der Waals surface area (Å²) in [5.74, 6) is 0.0683. The molecule has 1 aliphatic carbocycles. The van der Waals surface area contributed by atoms with Gasteiger partial charge in [0.25, 0.3) is 0 Å². The second-order valence-electron chi connectivity index (χ2n) is 6.13. The highest BCUT2D eigenvalue weighted by Crippen LogP contribution is 2.36. The van der Waals surface area contributed by atoms with Crippen LogP contribution in [-0.4, -0.2) is 26.9 Å². The molecule has 0 bridgehead atoms. The van der Waals surface area contributed by atoms with E-state index in [2.05, 4.69) is 13.8 Å². The van der Waals surface area contributed by atoms with Crippen LogP contribution in [0.3, 0.4) is 0 Å². The lowest BCUT2D eigenvalue weighted by Crippen LogP contribution is -2.38. The van der Waals surface area contributed by atoms with E-state index in [0.29, 0.717) is 6.61 Å². The van der Waals surface area contributed by atoms with Crippen molar-refractivity contribution in [3.05, 3.63) is 0 Å². The van der Waals surface area contributed by atoms with E-state index in [1.54, 1.807) is 0 Å². The van der Waals surface area contributed by atoms with Crippen LogP contribution in [0.15, 0.2) is 0 Å². The third-order valence-electron chi connectivity index (χ3n) is 4.04. The van der Waals surface area contributed by atoms with Crippen molar-refractivity contribution in [2.75, 3.05) is 12.4 Å². The van der Waals surface area contributed by atoms with Crippen molar-refractivity contribution in [3.63, 3.8) is 0 Å². The van der Waals surface area contributed by atoms with Crippen LogP contribution in [0.2, 0.25) is 0 Å². The number of sulfonamides is 1. The summed E-state index contributed by atoms with van der Waals surface area (Å²) in [6, 6.07) is 0. The molecule has 1 rings (SSSR count). The van der Waals surface area contributed by atoms with Crippen molar-refractivity contribution < 1.29 is 13.2 Å². The maximum absolute atomic E-state index is 11.5. The van der Waals surface area contributed by atoms with E-state index >= 15 is 0 Å². The first-order chi connectivity index (χ1) is 8.87. The monoisotopic (exact) mass is 291 g/mol. The van der Waals surface area contributed by atoms with Gasteiger partial charge < -0.3 is 4.74 Å². The molecule has 0 aromatic heterocycles. The quantitative estimate of drug-likeness (QED) is 0.733. The summed E-state index contributed by atoms with van der Waals surface area (Å²) in [4.78, 5) is 0. The van der Waals surface area contributed by atoms with Crippen LogP contribution >= 0.6 is 0 Å². The lowest BCUT2D eigenvalue weighted by Gasteiger charge is -2.32. The van der Waals surface area contributed by atoms with Gasteiger partial charge >= 0.3 is 0 Å². The van der Waals surface area contributed by atoms with E-state index in [-0.39, 0.29) is 17.3 Å². The molecular weight excluding hydrogens is 262 g/mol. The summed E-state index contributed by atoms with van der Waals surface area (Å²) in [5, 5.41) is 5.28. The molecule has 4 nitrogen and oxygen atoms in total. The van der Waals surface area contributed by atoms with Gasteiger partial charge in [-0.25, -0.2) is 13.6 Å². The molecule has 114 valence electrons. The fraction of sp³-hybridized carbons (Fsp3) is 1.00. The van der Waals surface area contributed by atoms with Gasteiger partial charge in [-0.3, -0.25) is 0 Å². The van der Waals surface area contributed by atoms with Gasteiger partial charge in [-0.1, -0.05) is 39.0 Å². The first kappa shape index (κ1) is 16.9. The van der Waals surface area contributed by atoms with Gasteiger partial charge in [-0.2, -0.15) is 0 Å². The molecule has 19 heavy (non-hydrogen) atoms. The van der Waals surface area contributed by atoms with Crippen molar-refractivity contribution in [1.82, 2.24) is 0 Å². The highest BCUT2D eigenvalue weighted by atomic mass is 32.2. The molecule has 0 aromatic carbocycles. The summed E-state index contributed by atoms with van der Waals surface area (Å²) < 4.78 is 28.9. The average molecular weight is 291 g/mol. The van der Waals surface area contributed by atoms with Crippen LogP contribution in [0.5, 0.6) is 0 Å². The van der Waals surface area contributed by atoms with Crippen LogP contribution < -0.4 is 5.14 Å². The van der Waals surface area contributed by atoms with Gasteiger partial charge in [0.05, 0.1) is 18.5 Å². The molecule has 5 heteroatoms. The molecule has 0 aliphatic heterocycles. The topological polar surface area (TPSA) is 69.4 Å². The predicted molar refractivity (Wildman–Crippen MR) is 78.4 cm³/mol. The number of nitrogens with two attached hydrogens (primary N) is 1. The molecule has 0 heterocycles. The number of hydrogen-bond donors (Lipinski definition) is 1. The normalized spacial score (nSPS) is 21.8. The number of primary sulfonamides is 1. The van der Waals surface area contributed by atoms with Gasteiger partial charge in [0.1, 0.15) is 0 Å². The van der Waals surface area contributed by atoms with Crippen molar-refractivity contribution >= 4 is 10.0 Å². The van der Waals surface area contributed by atoms with E-state index in [4.69, 9.17) is 9.88 Å². The Kier molecular flexibility index (Phi) is 6.77. The molecule has 1 fully saturated rings. The van der Waals surface area contributed by atoms with Crippen LogP contribution in [0.25, 0.3) is 0 Å². The molecule has 1 atom stereocenters. The van der Waals surface area contributed by atoms with Gasteiger partial charge in [-0.15, -0.1) is 0 Å². The molecule has 2 N–H and O–H groups in total. The third kappa shape index (κ3) is 6.72. The Morgan fingerprint density at radius 3 is 2.26 bits per heavy atom. The minimum Gasteiger partial charge on any atom is -0.378 e. The van der Waals surface area contributed by atoms with E-state index in [9.17, 15) is 8.42 Å². The largest absolute Gasteiger partial charge is 0.378 e. The molecule has 0 spiro atoms. The lowest BCUT2D eigenvalue weighted by atomic mass is 9.83. The Bertz CT molecular complexity index is 346. The fourth-order valence-electron chi connectivity index (χ4n) is 3.04. The van der Waals surface area contributed by atoms with E-state index in [1.165, 1.54) is 12.8 Å². The van der Waals surface area contributed by atoms with Crippen LogP contribution in [0, 0.1) is 5.41 Å². The van der Waals surface area contributed by atoms with Gasteiger partial charge in [0.2, 0.25) is 10.0 Å². The minimum absolute atomic E-state index is 0.0683. The number of hydrogen-bond acceptors (Lipinski definition) is 3. The van der Waals surface area contributed by atoms with Crippen LogP contribution in [-0.2, 0) is 14.8 Å². The highest BCUT2D eigenvalue weighted by Gasteiger charge is 2.35. The van der Waals surface area contributed by atoms with Crippen LogP contribution in [0.4, 0.5) is 0 Å². The summed E-state index contributed by atoms with van der Waals surface area (Å²) in [6.07, 6.45) is 8.69. The summed E-state index contributed by atoms with van der Waals surface area (Å²) in [6.45, 7) is 4.72. The predicted octanol–water partition coefficient (Wildman–Crippen LogP) is 2.82. The molecule has 0 radical (unpaired) electrons. The molecule has 0 amide bonds. The van der Waals surface area contributed by atoms with E-state index < -0.39 is 10.0 Å². The van der Waals surface area contributed by atoms with Crippen LogP contribution in [0.1, 0.15) is 65.2 Å². The number of ether oxygens (including phenoxy) is 1. The summed E-state index contributed by atoms with van der Waals surface area (Å²) >= 11 is 0. The first-order valence-corrected chi connectivity index (χ1v) is 9.20. The molecule has 1 unspecified atom stereocenters. The first-order valence-electron chi connectivity index (χ1n) is 7.49. The van der Waals surface area contributed by atoms with Gasteiger partial charge in [-0.05, 0) is 26.2 Å². The van der Waals surface area contributed by atoms with Crippen molar-refractivity contribution in [1.29, 1.82) is 0 Å². The zero-order valence-corrected chi connectivity index (χ0v) is 13.2. The summed E-state index contributed by atoms with van der Waals surface area (Å²) in [7, 11) is -3.44. The number of rotatable bonds is 7. The maximum Gasteiger partial charge on any atom is 0.209 e. The molecule has 0 aromatic rings. The fourth-order valence-corrected chi connectivity index (χ4v) is 4.27. The molecule has 1 saturated carbocycles. The Balaban J connectivity index is 2.67. The van der Waals surface area contributed by atoms with Gasteiger partial charge in [0, 0.05) is 5.41 Å². The van der Waals surface area contributed by atoms with E-state index in [1.807, 2.05) is 0 Å². The zero-order chi connectivity index (χ0) is 14.4. The Morgan fingerprint density at radius 2 is 1.79 bits per heavy atom. The molecule has 0 saturated heterocycles. The Labute approximate surface area is 118 Å².